The van der Waals surface area contributed by atoms with Gasteiger partial charge in [-0.2, -0.15) is 0 Å². The molecule has 0 heterocycles. The summed E-state index contributed by atoms with van der Waals surface area (Å²) in [6.07, 6.45) is 0. The molecule has 0 saturated carbocycles. The minimum atomic E-state index is -0.610. The number of esters is 1. The van der Waals surface area contributed by atoms with Crippen molar-refractivity contribution in [2.75, 3.05) is 0 Å². The van der Waals surface area contributed by atoms with Gasteiger partial charge in [0, 0.05) is 6.92 Å². The van der Waals surface area contributed by atoms with Crippen molar-refractivity contribution in [2.45, 2.75) is 26.5 Å². The first kappa shape index (κ1) is 12.2. The third-order valence-corrected chi connectivity index (χ3v) is 2.00. The molecule has 0 unspecified atom stereocenters. The average Bonchev–Trinajstić information content (AvgIpc) is 2.26. The predicted octanol–water partition coefficient (Wildman–Crippen LogP) is 1.25. The highest BCUT2D eigenvalue weighted by Gasteiger charge is 2.14. The van der Waals surface area contributed by atoms with Crippen LogP contribution in [0.5, 0.6) is 0 Å². The van der Waals surface area contributed by atoms with Gasteiger partial charge >= 0.3 is 5.97 Å². The van der Waals surface area contributed by atoms with Crippen LogP contribution in [0, 0.1) is 0 Å². The Bertz CT molecular complexity index is 362. The molecule has 0 aliphatic heterocycles. The maximum atomic E-state index is 11.4. The number of rotatable bonds is 4. The Morgan fingerprint density at radius 3 is 2.50 bits per heavy atom. The fourth-order valence-electron chi connectivity index (χ4n) is 1.22. The number of nitrogens with one attached hydrogen (secondary N) is 1. The summed E-state index contributed by atoms with van der Waals surface area (Å²) in [7, 11) is 0. The van der Waals surface area contributed by atoms with Crippen LogP contribution in [0.15, 0.2) is 30.3 Å². The highest BCUT2D eigenvalue weighted by molar-refractivity contribution is 5.82. The van der Waals surface area contributed by atoms with Gasteiger partial charge in [-0.15, -0.1) is 0 Å². The minimum Gasteiger partial charge on any atom is -0.459 e. The van der Waals surface area contributed by atoms with Crippen LogP contribution in [0.3, 0.4) is 0 Å². The van der Waals surface area contributed by atoms with E-state index < -0.39 is 12.0 Å². The smallest absolute Gasteiger partial charge is 0.328 e. The Kier molecular flexibility index (Phi) is 4.51. The predicted molar refractivity (Wildman–Crippen MR) is 59.5 cm³/mol. The lowest BCUT2D eigenvalue weighted by Gasteiger charge is -2.11. The summed E-state index contributed by atoms with van der Waals surface area (Å²) in [5, 5.41) is 2.47. The van der Waals surface area contributed by atoms with Gasteiger partial charge in [0.05, 0.1) is 0 Å². The largest absolute Gasteiger partial charge is 0.459 e. The van der Waals surface area contributed by atoms with Crippen molar-refractivity contribution in [3.63, 3.8) is 0 Å². The molecule has 4 nitrogen and oxygen atoms in total. The monoisotopic (exact) mass is 221 g/mol. The molecule has 1 amide bonds. The molecule has 4 heteroatoms. The topological polar surface area (TPSA) is 55.4 Å². The maximum absolute atomic E-state index is 11.4. The molecular weight excluding hydrogens is 206 g/mol. The van der Waals surface area contributed by atoms with Crippen LogP contribution in [-0.2, 0) is 20.9 Å². The summed E-state index contributed by atoms with van der Waals surface area (Å²) in [5.41, 5.74) is 0.922. The SMILES string of the molecule is CC(=O)N[C@H](C)C(=O)OCc1ccccc1. The Labute approximate surface area is 94.6 Å². The van der Waals surface area contributed by atoms with E-state index in [2.05, 4.69) is 5.32 Å². The van der Waals surface area contributed by atoms with E-state index in [1.54, 1.807) is 6.92 Å². The van der Waals surface area contributed by atoms with Gasteiger partial charge in [-0.05, 0) is 12.5 Å². The third-order valence-electron chi connectivity index (χ3n) is 2.00. The van der Waals surface area contributed by atoms with Crippen molar-refractivity contribution in [3.8, 4) is 0 Å². The first-order chi connectivity index (χ1) is 7.59. The van der Waals surface area contributed by atoms with E-state index >= 15 is 0 Å². The van der Waals surface area contributed by atoms with Gasteiger partial charge in [0.25, 0.3) is 0 Å². The van der Waals surface area contributed by atoms with Crippen molar-refractivity contribution in [1.29, 1.82) is 0 Å². The number of carbonyl (C=O) groups excluding carboxylic acids is 2. The van der Waals surface area contributed by atoms with Gasteiger partial charge < -0.3 is 10.1 Å². The van der Waals surface area contributed by atoms with Crippen molar-refractivity contribution in [2.24, 2.45) is 0 Å². The molecular formula is C12H15NO3. The summed E-state index contributed by atoms with van der Waals surface area (Å²) in [6, 6.07) is 8.78. The Balaban J connectivity index is 2.38. The summed E-state index contributed by atoms with van der Waals surface area (Å²) in [6.45, 7) is 3.18. The number of ether oxygens (including phenoxy) is 1. The van der Waals surface area contributed by atoms with Gasteiger partial charge in [-0.3, -0.25) is 4.79 Å². The van der Waals surface area contributed by atoms with Gasteiger partial charge in [0.15, 0.2) is 0 Å². The normalized spacial score (nSPS) is 11.6. The highest BCUT2D eigenvalue weighted by atomic mass is 16.5. The van der Waals surface area contributed by atoms with Crippen LogP contribution in [-0.4, -0.2) is 17.9 Å². The third kappa shape index (κ3) is 4.13. The molecule has 0 spiro atoms. The number of amides is 1. The summed E-state index contributed by atoms with van der Waals surface area (Å²) >= 11 is 0. The second kappa shape index (κ2) is 5.90. The summed E-state index contributed by atoms with van der Waals surface area (Å²) in [5.74, 6) is -0.678. The lowest BCUT2D eigenvalue weighted by molar-refractivity contribution is -0.148. The van der Waals surface area contributed by atoms with Crippen molar-refractivity contribution >= 4 is 11.9 Å². The fraction of sp³-hybridized carbons (Fsp3) is 0.333. The molecule has 1 aromatic rings. The van der Waals surface area contributed by atoms with Crippen LogP contribution in [0.25, 0.3) is 0 Å². The lowest BCUT2D eigenvalue weighted by atomic mass is 10.2. The number of hydrogen-bond acceptors (Lipinski definition) is 3. The van der Waals surface area contributed by atoms with E-state index in [9.17, 15) is 9.59 Å². The molecule has 16 heavy (non-hydrogen) atoms. The van der Waals surface area contributed by atoms with Gasteiger partial charge in [0.2, 0.25) is 5.91 Å². The Morgan fingerprint density at radius 1 is 1.31 bits per heavy atom. The molecule has 0 aliphatic rings. The van der Waals surface area contributed by atoms with Crippen molar-refractivity contribution < 1.29 is 14.3 Å². The molecule has 1 rings (SSSR count). The van der Waals surface area contributed by atoms with Crippen molar-refractivity contribution in [1.82, 2.24) is 5.32 Å². The van der Waals surface area contributed by atoms with Gasteiger partial charge in [-0.1, -0.05) is 30.3 Å². The molecule has 0 aliphatic carbocycles. The highest BCUT2D eigenvalue weighted by Crippen LogP contribution is 2.01. The molecule has 0 aromatic heterocycles. The van der Waals surface area contributed by atoms with E-state index in [1.165, 1.54) is 6.92 Å². The Morgan fingerprint density at radius 2 is 1.94 bits per heavy atom. The molecule has 0 radical (unpaired) electrons. The van der Waals surface area contributed by atoms with Crippen LogP contribution >= 0.6 is 0 Å². The van der Waals surface area contributed by atoms with E-state index in [0.717, 1.165) is 5.56 Å². The number of carbonyl (C=O) groups is 2. The zero-order chi connectivity index (χ0) is 12.0. The van der Waals surface area contributed by atoms with E-state index in [1.807, 2.05) is 30.3 Å². The average molecular weight is 221 g/mol. The first-order valence-electron chi connectivity index (χ1n) is 5.07. The quantitative estimate of drug-likeness (QED) is 0.778. The summed E-state index contributed by atoms with van der Waals surface area (Å²) < 4.78 is 5.04. The minimum absolute atomic E-state index is 0.226. The van der Waals surface area contributed by atoms with Gasteiger partial charge in [0.1, 0.15) is 12.6 Å². The standard InChI is InChI=1S/C12H15NO3/c1-9(13-10(2)14)12(15)16-8-11-6-4-3-5-7-11/h3-7,9H,8H2,1-2H3,(H,13,14)/t9-/m1/s1. The van der Waals surface area contributed by atoms with Gasteiger partial charge in [-0.25, -0.2) is 4.79 Å². The zero-order valence-corrected chi connectivity index (χ0v) is 9.40. The molecule has 0 bridgehead atoms. The second-order valence-electron chi connectivity index (χ2n) is 3.52. The van der Waals surface area contributed by atoms with Crippen LogP contribution in [0.1, 0.15) is 19.4 Å². The second-order valence-corrected chi connectivity index (χ2v) is 3.52. The van der Waals surface area contributed by atoms with E-state index in [4.69, 9.17) is 4.74 Å². The fourth-order valence-corrected chi connectivity index (χ4v) is 1.22. The maximum Gasteiger partial charge on any atom is 0.328 e. The van der Waals surface area contributed by atoms with E-state index in [-0.39, 0.29) is 12.5 Å². The van der Waals surface area contributed by atoms with Crippen LogP contribution in [0.4, 0.5) is 0 Å². The first-order valence-corrected chi connectivity index (χ1v) is 5.07. The van der Waals surface area contributed by atoms with Crippen molar-refractivity contribution in [3.05, 3.63) is 35.9 Å². The zero-order valence-electron chi connectivity index (χ0n) is 9.40. The molecule has 1 N–H and O–H groups in total. The van der Waals surface area contributed by atoms with E-state index in [0.29, 0.717) is 0 Å². The van der Waals surface area contributed by atoms with Crippen LogP contribution < -0.4 is 5.32 Å². The van der Waals surface area contributed by atoms with Crippen LogP contribution in [0.2, 0.25) is 0 Å². The Hall–Kier alpha value is -1.84. The summed E-state index contributed by atoms with van der Waals surface area (Å²) in [4.78, 5) is 22.1. The lowest BCUT2D eigenvalue weighted by Crippen LogP contribution is -2.38. The molecule has 1 aromatic carbocycles. The molecule has 1 atom stereocenters. The molecule has 0 fully saturated rings. The number of hydrogen-bond donors (Lipinski definition) is 1. The number of benzene rings is 1. The molecule has 86 valence electrons. The molecule has 0 saturated heterocycles.